The molecule has 3 N–H and O–H groups in total. The Labute approximate surface area is 118 Å². The molecular formula is C14H20N2O4. The maximum absolute atomic E-state index is 11.9. The number of anilines is 1. The summed E-state index contributed by atoms with van der Waals surface area (Å²) in [7, 11) is 1.56. The Morgan fingerprint density at radius 1 is 1.35 bits per heavy atom. The first-order chi connectivity index (χ1) is 9.11. The molecule has 1 atom stereocenters. The molecule has 1 aromatic carbocycles. The van der Waals surface area contributed by atoms with Gasteiger partial charge in [-0.05, 0) is 38.5 Å². The van der Waals surface area contributed by atoms with Gasteiger partial charge < -0.3 is 15.6 Å². The molecule has 1 amide bonds. The van der Waals surface area contributed by atoms with E-state index in [1.165, 1.54) is 4.90 Å². The lowest BCUT2D eigenvalue weighted by Crippen LogP contribution is -2.34. The van der Waals surface area contributed by atoms with E-state index in [9.17, 15) is 9.59 Å². The van der Waals surface area contributed by atoms with Gasteiger partial charge in [-0.1, -0.05) is 12.1 Å². The lowest BCUT2D eigenvalue weighted by Gasteiger charge is -2.25. The van der Waals surface area contributed by atoms with Crippen molar-refractivity contribution in [2.24, 2.45) is 5.73 Å². The third-order valence-electron chi connectivity index (χ3n) is 2.55. The highest BCUT2D eigenvalue weighted by Crippen LogP contribution is 2.21. The molecule has 6 heteroatoms. The van der Waals surface area contributed by atoms with Crippen LogP contribution in [0.15, 0.2) is 24.3 Å². The van der Waals surface area contributed by atoms with Gasteiger partial charge in [0.15, 0.2) is 0 Å². The van der Waals surface area contributed by atoms with Gasteiger partial charge in [-0.2, -0.15) is 0 Å². The van der Waals surface area contributed by atoms with E-state index < -0.39 is 23.7 Å². The molecule has 0 aliphatic rings. The minimum Gasteiger partial charge on any atom is -0.480 e. The van der Waals surface area contributed by atoms with E-state index in [1.54, 1.807) is 52.1 Å². The van der Waals surface area contributed by atoms with Gasteiger partial charge in [-0.25, -0.2) is 4.79 Å². The average molecular weight is 280 g/mol. The van der Waals surface area contributed by atoms with Gasteiger partial charge in [-0.15, -0.1) is 0 Å². The number of hydrogen-bond donors (Lipinski definition) is 2. The average Bonchev–Trinajstić information content (AvgIpc) is 2.35. The van der Waals surface area contributed by atoms with Crippen LogP contribution in [0.5, 0.6) is 0 Å². The van der Waals surface area contributed by atoms with Crippen molar-refractivity contribution in [3.05, 3.63) is 29.8 Å². The maximum atomic E-state index is 11.9. The topological polar surface area (TPSA) is 92.9 Å². The van der Waals surface area contributed by atoms with Crippen LogP contribution in [0.3, 0.4) is 0 Å². The maximum Gasteiger partial charge on any atom is 0.414 e. The molecule has 1 rings (SSSR count). The van der Waals surface area contributed by atoms with Gasteiger partial charge in [0.05, 0.1) is 0 Å². The minimum atomic E-state index is -1.12. The highest BCUT2D eigenvalue weighted by atomic mass is 16.6. The normalized spacial score (nSPS) is 12.7. The van der Waals surface area contributed by atoms with Crippen molar-refractivity contribution < 1.29 is 19.4 Å². The van der Waals surface area contributed by atoms with E-state index in [1.807, 2.05) is 0 Å². The van der Waals surface area contributed by atoms with Crippen LogP contribution in [0, 0.1) is 0 Å². The molecular weight excluding hydrogens is 260 g/mol. The van der Waals surface area contributed by atoms with Crippen LogP contribution in [-0.2, 0) is 9.53 Å². The Kier molecular flexibility index (Phi) is 4.73. The summed E-state index contributed by atoms with van der Waals surface area (Å²) >= 11 is 0. The highest BCUT2D eigenvalue weighted by Gasteiger charge is 2.21. The molecule has 20 heavy (non-hydrogen) atoms. The SMILES string of the molecule is CN(C(=O)OC(C)(C)C)c1cccc(C(N)C(=O)O)c1. The van der Waals surface area contributed by atoms with Crippen LogP contribution in [-0.4, -0.2) is 29.8 Å². The number of amides is 1. The minimum absolute atomic E-state index is 0.422. The molecule has 1 aromatic rings. The lowest BCUT2D eigenvalue weighted by molar-refractivity contribution is -0.138. The van der Waals surface area contributed by atoms with Crippen molar-refractivity contribution in [3.63, 3.8) is 0 Å². The van der Waals surface area contributed by atoms with Crippen molar-refractivity contribution in [3.8, 4) is 0 Å². The number of nitrogens with zero attached hydrogens (tertiary/aromatic N) is 1. The quantitative estimate of drug-likeness (QED) is 0.884. The summed E-state index contributed by atoms with van der Waals surface area (Å²) in [5.41, 5.74) is 5.90. The number of carboxylic acid groups (broad SMARTS) is 1. The number of carboxylic acids is 1. The fourth-order valence-electron chi connectivity index (χ4n) is 1.51. The van der Waals surface area contributed by atoms with E-state index in [0.29, 0.717) is 11.3 Å². The van der Waals surface area contributed by atoms with Gasteiger partial charge in [0.2, 0.25) is 0 Å². The molecule has 0 heterocycles. The molecule has 0 saturated carbocycles. The largest absolute Gasteiger partial charge is 0.480 e. The van der Waals surface area contributed by atoms with Crippen molar-refractivity contribution in [1.82, 2.24) is 0 Å². The van der Waals surface area contributed by atoms with E-state index in [0.717, 1.165) is 0 Å². The van der Waals surface area contributed by atoms with Crippen molar-refractivity contribution in [2.45, 2.75) is 32.4 Å². The van der Waals surface area contributed by atoms with E-state index in [2.05, 4.69) is 0 Å². The van der Waals surface area contributed by atoms with E-state index in [4.69, 9.17) is 15.6 Å². The standard InChI is InChI=1S/C14H20N2O4/c1-14(2,3)20-13(19)16(4)10-7-5-6-9(8-10)11(15)12(17)18/h5-8,11H,15H2,1-4H3,(H,17,18). The monoisotopic (exact) mass is 280 g/mol. The summed E-state index contributed by atoms with van der Waals surface area (Å²) in [6.45, 7) is 5.32. The Morgan fingerprint density at radius 3 is 2.45 bits per heavy atom. The lowest BCUT2D eigenvalue weighted by atomic mass is 10.1. The third kappa shape index (κ3) is 4.24. The summed E-state index contributed by atoms with van der Waals surface area (Å²) in [6, 6.07) is 5.37. The fraction of sp³-hybridized carbons (Fsp3) is 0.429. The summed E-state index contributed by atoms with van der Waals surface area (Å²) in [4.78, 5) is 24.1. The van der Waals surface area contributed by atoms with Crippen LogP contribution < -0.4 is 10.6 Å². The molecule has 110 valence electrons. The van der Waals surface area contributed by atoms with Crippen LogP contribution >= 0.6 is 0 Å². The predicted octanol–water partition coefficient (Wildman–Crippen LogP) is 2.14. The Balaban J connectivity index is 2.94. The van der Waals surface area contributed by atoms with Crippen LogP contribution in [0.4, 0.5) is 10.5 Å². The van der Waals surface area contributed by atoms with Gasteiger partial charge in [-0.3, -0.25) is 9.69 Å². The second-order valence-electron chi connectivity index (χ2n) is 5.45. The Bertz CT molecular complexity index is 508. The first-order valence-electron chi connectivity index (χ1n) is 6.17. The number of ether oxygens (including phenoxy) is 1. The number of aliphatic carboxylic acids is 1. The smallest absolute Gasteiger partial charge is 0.414 e. The Hall–Kier alpha value is -2.08. The second kappa shape index (κ2) is 5.92. The summed E-state index contributed by atoms with van der Waals surface area (Å²) in [5.74, 6) is -1.12. The number of hydrogen-bond acceptors (Lipinski definition) is 4. The third-order valence-corrected chi connectivity index (χ3v) is 2.55. The first kappa shape index (κ1) is 16.0. The van der Waals surface area contributed by atoms with Gasteiger partial charge in [0, 0.05) is 12.7 Å². The molecule has 6 nitrogen and oxygen atoms in total. The number of rotatable bonds is 3. The number of carbonyl (C=O) groups is 2. The first-order valence-corrected chi connectivity index (χ1v) is 6.17. The van der Waals surface area contributed by atoms with Crippen molar-refractivity contribution in [2.75, 3.05) is 11.9 Å². The number of benzene rings is 1. The van der Waals surface area contributed by atoms with E-state index >= 15 is 0 Å². The van der Waals surface area contributed by atoms with Crippen LogP contribution in [0.2, 0.25) is 0 Å². The van der Waals surface area contributed by atoms with Crippen LogP contribution in [0.1, 0.15) is 32.4 Å². The molecule has 1 unspecified atom stereocenters. The zero-order chi connectivity index (χ0) is 15.5. The molecule has 0 aliphatic heterocycles. The highest BCUT2D eigenvalue weighted by molar-refractivity contribution is 5.87. The fourth-order valence-corrected chi connectivity index (χ4v) is 1.51. The molecule has 0 aliphatic carbocycles. The molecule has 0 fully saturated rings. The van der Waals surface area contributed by atoms with Gasteiger partial charge >= 0.3 is 12.1 Å². The predicted molar refractivity (Wildman–Crippen MR) is 75.6 cm³/mol. The zero-order valence-electron chi connectivity index (χ0n) is 12.1. The van der Waals surface area contributed by atoms with Crippen LogP contribution in [0.25, 0.3) is 0 Å². The summed E-state index contributed by atoms with van der Waals surface area (Å²) in [6.07, 6.45) is -0.515. The van der Waals surface area contributed by atoms with Crippen molar-refractivity contribution in [1.29, 1.82) is 0 Å². The molecule has 0 radical (unpaired) electrons. The molecule has 0 aromatic heterocycles. The van der Waals surface area contributed by atoms with Gasteiger partial charge in [0.1, 0.15) is 11.6 Å². The summed E-state index contributed by atoms with van der Waals surface area (Å²) in [5, 5.41) is 8.90. The second-order valence-corrected chi connectivity index (χ2v) is 5.45. The number of carbonyl (C=O) groups excluding carboxylic acids is 1. The summed E-state index contributed by atoms with van der Waals surface area (Å²) < 4.78 is 5.24. The molecule has 0 saturated heterocycles. The molecule has 0 spiro atoms. The Morgan fingerprint density at radius 2 is 1.95 bits per heavy atom. The number of nitrogens with two attached hydrogens (primary N) is 1. The zero-order valence-corrected chi connectivity index (χ0v) is 12.1. The molecule has 0 bridgehead atoms. The van der Waals surface area contributed by atoms with Gasteiger partial charge in [0.25, 0.3) is 0 Å². The van der Waals surface area contributed by atoms with E-state index in [-0.39, 0.29) is 0 Å². The van der Waals surface area contributed by atoms with Crippen molar-refractivity contribution >= 4 is 17.7 Å².